The average molecular weight is 530 g/mol. The lowest BCUT2D eigenvalue weighted by molar-refractivity contribution is -0.141. The number of rotatable bonds is 8. The fourth-order valence-corrected chi connectivity index (χ4v) is 5.01. The van der Waals surface area contributed by atoms with Crippen molar-refractivity contribution < 1.29 is 9.59 Å². The molecular formula is C25H28Cl4N2O2. The largest absolute Gasteiger partial charge is 0.352 e. The van der Waals surface area contributed by atoms with E-state index in [2.05, 4.69) is 5.32 Å². The van der Waals surface area contributed by atoms with Gasteiger partial charge in [-0.05, 0) is 54.7 Å². The Morgan fingerprint density at radius 3 is 2.33 bits per heavy atom. The summed E-state index contributed by atoms with van der Waals surface area (Å²) >= 11 is 24.6. The summed E-state index contributed by atoms with van der Waals surface area (Å²) in [6.07, 6.45) is 5.95. The molecule has 1 N–H and O–H groups in total. The number of hydrogen-bond acceptors (Lipinski definition) is 2. The highest BCUT2D eigenvalue weighted by molar-refractivity contribution is 6.42. The maximum atomic E-state index is 13.5. The lowest BCUT2D eigenvalue weighted by Crippen LogP contribution is -2.52. The molecule has 33 heavy (non-hydrogen) atoms. The van der Waals surface area contributed by atoms with E-state index in [9.17, 15) is 9.59 Å². The lowest BCUT2D eigenvalue weighted by Gasteiger charge is -2.33. The maximum Gasteiger partial charge on any atom is 0.243 e. The van der Waals surface area contributed by atoms with Crippen LogP contribution in [0.2, 0.25) is 20.1 Å². The van der Waals surface area contributed by atoms with Gasteiger partial charge in [-0.25, -0.2) is 0 Å². The van der Waals surface area contributed by atoms with Crippen molar-refractivity contribution in [3.8, 4) is 0 Å². The van der Waals surface area contributed by atoms with Crippen LogP contribution in [0.3, 0.4) is 0 Å². The van der Waals surface area contributed by atoms with E-state index in [-0.39, 0.29) is 30.8 Å². The molecule has 0 spiro atoms. The highest BCUT2D eigenvalue weighted by atomic mass is 35.5. The summed E-state index contributed by atoms with van der Waals surface area (Å²) in [5.74, 6) is -0.318. The van der Waals surface area contributed by atoms with Gasteiger partial charge in [0.25, 0.3) is 0 Å². The van der Waals surface area contributed by atoms with E-state index >= 15 is 0 Å². The van der Waals surface area contributed by atoms with Gasteiger partial charge in [-0.15, -0.1) is 0 Å². The molecule has 1 aliphatic rings. The van der Waals surface area contributed by atoms with Gasteiger partial charge in [-0.3, -0.25) is 9.59 Å². The van der Waals surface area contributed by atoms with Gasteiger partial charge < -0.3 is 10.2 Å². The monoisotopic (exact) mass is 528 g/mol. The predicted octanol–water partition coefficient (Wildman–Crippen LogP) is 7.10. The van der Waals surface area contributed by atoms with Crippen molar-refractivity contribution in [2.75, 3.05) is 0 Å². The summed E-state index contributed by atoms with van der Waals surface area (Å²) in [4.78, 5) is 28.4. The topological polar surface area (TPSA) is 49.4 Å². The summed E-state index contributed by atoms with van der Waals surface area (Å²) in [6, 6.07) is 9.81. The molecule has 0 unspecified atom stereocenters. The Labute approximate surface area is 215 Å². The summed E-state index contributed by atoms with van der Waals surface area (Å²) in [7, 11) is 0. The van der Waals surface area contributed by atoms with Crippen LogP contribution in [0.15, 0.2) is 36.4 Å². The van der Waals surface area contributed by atoms with E-state index in [1.54, 1.807) is 41.3 Å². The van der Waals surface area contributed by atoms with Crippen molar-refractivity contribution in [1.82, 2.24) is 10.2 Å². The molecule has 4 nitrogen and oxygen atoms in total. The fourth-order valence-electron chi connectivity index (χ4n) is 4.22. The summed E-state index contributed by atoms with van der Waals surface area (Å²) in [6.45, 7) is 2.11. The normalized spacial score (nSPS) is 15.2. The number of benzene rings is 2. The molecule has 8 heteroatoms. The van der Waals surface area contributed by atoms with E-state index < -0.39 is 6.04 Å². The summed E-state index contributed by atoms with van der Waals surface area (Å²) in [5, 5.41) is 4.95. The minimum absolute atomic E-state index is 0.0926. The smallest absolute Gasteiger partial charge is 0.243 e. The Morgan fingerprint density at radius 2 is 1.70 bits per heavy atom. The first-order chi connectivity index (χ1) is 15.8. The standard InChI is InChI=1S/C25H28Cl4N2O2/c1-2-23(25(33)30-19-6-4-3-5-7-19)31(15-17-9-10-18(26)14-21(17)28)24(32)13-16-8-11-20(27)22(29)12-16/h8-12,14,19,23H,2-7,13,15H2,1H3,(H,30,33)/t23-/m1/s1. The van der Waals surface area contributed by atoms with Gasteiger partial charge in [0.15, 0.2) is 0 Å². The van der Waals surface area contributed by atoms with Crippen LogP contribution in [-0.2, 0) is 22.6 Å². The quantitative estimate of drug-likeness (QED) is 0.396. The molecule has 0 bridgehead atoms. The molecule has 0 radical (unpaired) electrons. The van der Waals surface area contributed by atoms with E-state index in [0.29, 0.717) is 26.5 Å². The third kappa shape index (κ3) is 7.26. The summed E-state index contributed by atoms with van der Waals surface area (Å²) < 4.78 is 0. The fraction of sp³-hybridized carbons (Fsp3) is 0.440. The van der Waals surface area contributed by atoms with E-state index in [0.717, 1.165) is 36.8 Å². The molecule has 0 aromatic heterocycles. The molecule has 0 heterocycles. The zero-order valence-corrected chi connectivity index (χ0v) is 21.6. The molecule has 1 saturated carbocycles. The highest BCUT2D eigenvalue weighted by Gasteiger charge is 2.30. The number of carbonyl (C=O) groups excluding carboxylic acids is 2. The van der Waals surface area contributed by atoms with Crippen LogP contribution in [0.5, 0.6) is 0 Å². The molecule has 1 fully saturated rings. The van der Waals surface area contributed by atoms with Gasteiger partial charge in [-0.1, -0.05) is 84.7 Å². The minimum Gasteiger partial charge on any atom is -0.352 e. The Bertz CT molecular complexity index is 992. The zero-order chi connectivity index (χ0) is 24.0. The molecule has 1 aliphatic carbocycles. The number of carbonyl (C=O) groups is 2. The molecule has 1 atom stereocenters. The minimum atomic E-state index is -0.617. The van der Waals surface area contributed by atoms with Crippen molar-refractivity contribution in [3.63, 3.8) is 0 Å². The van der Waals surface area contributed by atoms with Gasteiger partial charge in [0, 0.05) is 22.6 Å². The summed E-state index contributed by atoms with van der Waals surface area (Å²) in [5.41, 5.74) is 1.46. The van der Waals surface area contributed by atoms with Crippen molar-refractivity contribution >= 4 is 58.2 Å². The molecule has 2 aromatic rings. The van der Waals surface area contributed by atoms with Crippen molar-refractivity contribution in [2.45, 2.75) is 70.5 Å². The van der Waals surface area contributed by atoms with Crippen LogP contribution in [0.4, 0.5) is 0 Å². The Balaban J connectivity index is 1.85. The number of hydrogen-bond donors (Lipinski definition) is 1. The number of nitrogens with one attached hydrogen (secondary N) is 1. The maximum absolute atomic E-state index is 13.5. The van der Waals surface area contributed by atoms with Crippen molar-refractivity contribution in [3.05, 3.63) is 67.6 Å². The first-order valence-corrected chi connectivity index (χ1v) is 12.8. The van der Waals surface area contributed by atoms with Gasteiger partial charge >= 0.3 is 0 Å². The van der Waals surface area contributed by atoms with Gasteiger partial charge in [0.05, 0.1) is 16.5 Å². The number of halogens is 4. The predicted molar refractivity (Wildman–Crippen MR) is 136 cm³/mol. The molecule has 0 saturated heterocycles. The zero-order valence-electron chi connectivity index (χ0n) is 18.6. The van der Waals surface area contributed by atoms with E-state index in [1.165, 1.54) is 6.42 Å². The number of amides is 2. The van der Waals surface area contributed by atoms with Crippen molar-refractivity contribution in [2.24, 2.45) is 0 Å². The Hall–Kier alpha value is -1.46. The molecule has 3 rings (SSSR count). The van der Waals surface area contributed by atoms with Crippen LogP contribution < -0.4 is 5.32 Å². The second kappa shape index (κ2) is 12.3. The third-order valence-corrected chi connectivity index (χ3v) is 7.36. The first-order valence-electron chi connectivity index (χ1n) is 11.3. The van der Waals surface area contributed by atoms with Crippen molar-refractivity contribution in [1.29, 1.82) is 0 Å². The van der Waals surface area contributed by atoms with Crippen LogP contribution in [0.25, 0.3) is 0 Å². The average Bonchev–Trinajstić information content (AvgIpc) is 2.78. The van der Waals surface area contributed by atoms with Crippen LogP contribution >= 0.6 is 46.4 Å². The molecule has 178 valence electrons. The SMILES string of the molecule is CC[C@H](C(=O)NC1CCCCC1)N(Cc1ccc(Cl)cc1Cl)C(=O)Cc1ccc(Cl)c(Cl)c1. The first kappa shape index (κ1) is 26.2. The highest BCUT2D eigenvalue weighted by Crippen LogP contribution is 2.26. The second-order valence-electron chi connectivity index (χ2n) is 8.45. The molecule has 2 aromatic carbocycles. The van der Waals surface area contributed by atoms with Gasteiger partial charge in [0.2, 0.25) is 11.8 Å². The molecule has 0 aliphatic heterocycles. The van der Waals surface area contributed by atoms with Crippen LogP contribution in [-0.4, -0.2) is 28.8 Å². The molecule has 2 amide bonds. The second-order valence-corrected chi connectivity index (χ2v) is 10.1. The Morgan fingerprint density at radius 1 is 0.970 bits per heavy atom. The lowest BCUT2D eigenvalue weighted by atomic mass is 9.95. The molecular weight excluding hydrogens is 502 g/mol. The Kier molecular flexibility index (Phi) is 9.75. The van der Waals surface area contributed by atoms with E-state index in [1.807, 2.05) is 6.92 Å². The third-order valence-electron chi connectivity index (χ3n) is 6.03. The van der Waals surface area contributed by atoms with Crippen LogP contribution in [0.1, 0.15) is 56.6 Å². The van der Waals surface area contributed by atoms with Crippen LogP contribution in [0, 0.1) is 0 Å². The van der Waals surface area contributed by atoms with Gasteiger partial charge in [0.1, 0.15) is 6.04 Å². The van der Waals surface area contributed by atoms with E-state index in [4.69, 9.17) is 46.4 Å². The van der Waals surface area contributed by atoms with Gasteiger partial charge in [-0.2, -0.15) is 0 Å². The number of nitrogens with zero attached hydrogens (tertiary/aromatic N) is 1.